The molecule has 0 radical (unpaired) electrons. The van der Waals surface area contributed by atoms with Gasteiger partial charge in [-0.15, -0.1) is 0 Å². The van der Waals surface area contributed by atoms with Crippen LogP contribution in [0.25, 0.3) is 0 Å². The molecule has 0 heterocycles. The molecular weight excluding hydrogens is 116 g/mol. The molecule has 0 aliphatic heterocycles. The smallest absolute Gasteiger partial charge is 0.161 e. The first-order valence-corrected chi connectivity index (χ1v) is 2.32. The summed E-state index contributed by atoms with van der Waals surface area (Å²) in [7, 11) is 0.774. The minimum Gasteiger partial charge on any atom is -0.374 e. The minimum atomic E-state index is -3.43. The number of Topliss-reactive ketones (excluding diaryl/α,β-unsaturated/α-hetero) is 1. The molecule has 2 nitrogen and oxygen atoms in total. The van der Waals surface area contributed by atoms with Crippen molar-refractivity contribution in [2.45, 2.75) is 31.6 Å². The SMILES string of the molecule is [2H]C1([2H])C(=O)[C@]([2H])(OC)C([2H])([2H])C([2H])([2H])C1([2H])[2H]. The third-order valence-corrected chi connectivity index (χ3v) is 0.825. The van der Waals surface area contributed by atoms with Gasteiger partial charge in [-0.25, -0.2) is 0 Å². The van der Waals surface area contributed by atoms with Gasteiger partial charge in [0, 0.05) is 24.4 Å². The quantitative estimate of drug-likeness (QED) is 0.542. The van der Waals surface area contributed by atoms with E-state index in [9.17, 15) is 4.79 Å². The van der Waals surface area contributed by atoms with Crippen LogP contribution >= 0.6 is 0 Å². The molecule has 1 aliphatic rings. The van der Waals surface area contributed by atoms with E-state index < -0.39 is 37.4 Å². The van der Waals surface area contributed by atoms with Crippen LogP contribution in [0.4, 0.5) is 0 Å². The van der Waals surface area contributed by atoms with Crippen LogP contribution < -0.4 is 0 Å². The fourth-order valence-corrected chi connectivity index (χ4v) is 0.433. The Labute approximate surface area is 67.8 Å². The van der Waals surface area contributed by atoms with Crippen LogP contribution in [0.1, 0.15) is 37.8 Å². The molecule has 1 fully saturated rings. The van der Waals surface area contributed by atoms with Gasteiger partial charge in [0.2, 0.25) is 0 Å². The Kier molecular flexibility index (Phi) is 0.533. The first kappa shape index (κ1) is 1.62. The van der Waals surface area contributed by atoms with E-state index >= 15 is 0 Å². The van der Waals surface area contributed by atoms with Crippen LogP contribution in [-0.4, -0.2) is 19.0 Å². The predicted molar refractivity (Wildman–Crippen MR) is 34.3 cm³/mol. The van der Waals surface area contributed by atoms with Crippen LogP contribution in [-0.2, 0) is 9.53 Å². The fraction of sp³-hybridized carbons (Fsp3) is 0.857. The Bertz CT molecular complexity index is 390. The Morgan fingerprint density at radius 3 is 3.33 bits per heavy atom. The van der Waals surface area contributed by atoms with Crippen LogP contribution in [0.3, 0.4) is 0 Å². The second kappa shape index (κ2) is 2.97. The van der Waals surface area contributed by atoms with Gasteiger partial charge in [0.25, 0.3) is 0 Å². The van der Waals surface area contributed by atoms with Crippen molar-refractivity contribution in [3.8, 4) is 0 Å². The molecule has 1 saturated carbocycles. The monoisotopic (exact) mass is 137 g/mol. The average molecular weight is 137 g/mol. The maximum Gasteiger partial charge on any atom is 0.161 e. The number of ketones is 1. The zero-order chi connectivity index (χ0) is 14.8. The second-order valence-electron chi connectivity index (χ2n) is 1.36. The van der Waals surface area contributed by atoms with Crippen molar-refractivity contribution in [2.75, 3.05) is 7.11 Å². The van der Waals surface area contributed by atoms with Crippen molar-refractivity contribution in [3.63, 3.8) is 0 Å². The third kappa shape index (κ3) is 1.52. The van der Waals surface area contributed by atoms with Crippen molar-refractivity contribution >= 4 is 5.78 Å². The van der Waals surface area contributed by atoms with Gasteiger partial charge in [0.05, 0.1) is 1.37 Å². The van der Waals surface area contributed by atoms with Gasteiger partial charge in [0.1, 0.15) is 6.08 Å². The summed E-state index contributed by atoms with van der Waals surface area (Å²) < 4.78 is 71.4. The van der Waals surface area contributed by atoms with E-state index in [1.165, 1.54) is 0 Å². The van der Waals surface area contributed by atoms with Crippen molar-refractivity contribution in [2.24, 2.45) is 0 Å². The lowest BCUT2D eigenvalue weighted by molar-refractivity contribution is -0.131. The molecule has 9 heavy (non-hydrogen) atoms. The van der Waals surface area contributed by atoms with E-state index in [1.807, 2.05) is 0 Å². The zero-order valence-corrected chi connectivity index (χ0v) is 4.82. The molecular formula is C7H12O2. The van der Waals surface area contributed by atoms with Gasteiger partial charge >= 0.3 is 0 Å². The highest BCUT2D eigenvalue weighted by Gasteiger charge is 2.20. The van der Waals surface area contributed by atoms with Crippen LogP contribution in [0.15, 0.2) is 0 Å². The van der Waals surface area contributed by atoms with Gasteiger partial charge in [-0.1, -0.05) is 0 Å². The van der Waals surface area contributed by atoms with Gasteiger partial charge in [-0.05, 0) is 19.1 Å². The summed E-state index contributed by atoms with van der Waals surface area (Å²) in [6.07, 6.45) is -16.7. The van der Waals surface area contributed by atoms with Crippen LogP contribution in [0.2, 0.25) is 0 Å². The first-order chi connectivity index (χ1) is 7.72. The summed E-state index contributed by atoms with van der Waals surface area (Å²) >= 11 is 0. The number of hydrogen-bond acceptors (Lipinski definition) is 2. The van der Waals surface area contributed by atoms with E-state index in [1.54, 1.807) is 0 Å². The number of carbonyl (C=O) groups excluding carboxylic acids is 1. The van der Waals surface area contributed by atoms with Crippen molar-refractivity contribution in [1.82, 2.24) is 0 Å². The molecule has 0 aromatic heterocycles. The van der Waals surface area contributed by atoms with Gasteiger partial charge in [0.15, 0.2) is 5.78 Å². The summed E-state index contributed by atoms with van der Waals surface area (Å²) in [5.74, 6) is -1.78. The van der Waals surface area contributed by atoms with E-state index in [0.717, 1.165) is 7.11 Å². The number of rotatable bonds is 1. The molecule has 1 aliphatic carbocycles. The molecule has 1 rings (SSSR count). The molecule has 1 atom stereocenters. The third-order valence-electron chi connectivity index (χ3n) is 0.825. The molecule has 0 spiro atoms. The van der Waals surface area contributed by atoms with E-state index in [0.29, 0.717) is 0 Å². The molecule has 0 bridgehead atoms. The fourth-order valence-electron chi connectivity index (χ4n) is 0.433. The second-order valence-corrected chi connectivity index (χ2v) is 1.36. The Morgan fingerprint density at radius 1 is 1.89 bits per heavy atom. The van der Waals surface area contributed by atoms with Crippen LogP contribution in [0.5, 0.6) is 0 Å². The predicted octanol–water partition coefficient (Wildman–Crippen LogP) is 1.14. The minimum absolute atomic E-state index is 0.774. The van der Waals surface area contributed by atoms with Gasteiger partial charge in [-0.2, -0.15) is 0 Å². The van der Waals surface area contributed by atoms with E-state index in [-0.39, 0.29) is 0 Å². The topological polar surface area (TPSA) is 26.3 Å². The lowest BCUT2D eigenvalue weighted by atomic mass is 9.96. The Morgan fingerprint density at radius 2 is 2.67 bits per heavy atom. The molecule has 0 unspecified atom stereocenters. The molecule has 2 heteroatoms. The lowest BCUT2D eigenvalue weighted by Gasteiger charge is -2.17. The summed E-state index contributed by atoms with van der Waals surface area (Å²) in [6.45, 7) is 0. The molecule has 0 amide bonds. The summed E-state index contributed by atoms with van der Waals surface area (Å²) in [5.41, 5.74) is 0. The Hall–Kier alpha value is -0.370. The molecule has 0 N–H and O–H groups in total. The maximum atomic E-state index is 11.8. The molecule has 0 saturated heterocycles. The highest BCUT2D eigenvalue weighted by molar-refractivity contribution is 5.83. The van der Waals surface area contributed by atoms with Crippen LogP contribution in [0, 0.1) is 0 Å². The standard InChI is InChI=1S/C7H12O2/c1-9-7-5-3-2-4-6(7)8/h7H,2-5H2,1H3/t7-/m1/s1/i2D2,3D2,4D2,5D2,7D. The van der Waals surface area contributed by atoms with Crippen molar-refractivity contribution < 1.29 is 21.9 Å². The van der Waals surface area contributed by atoms with Gasteiger partial charge < -0.3 is 4.74 Å². The maximum absolute atomic E-state index is 11.8. The lowest BCUT2D eigenvalue weighted by Crippen LogP contribution is -2.26. The number of ether oxygens (including phenoxy) is 1. The average Bonchev–Trinajstić information content (AvgIpc) is 2.24. The molecule has 0 aromatic rings. The summed E-state index contributed by atoms with van der Waals surface area (Å²) in [5, 5.41) is 0. The first-order valence-electron chi connectivity index (χ1n) is 6.82. The number of hydrogen-bond donors (Lipinski definition) is 0. The highest BCUT2D eigenvalue weighted by atomic mass is 16.5. The molecule has 52 valence electrons. The van der Waals surface area contributed by atoms with E-state index in [2.05, 4.69) is 4.74 Å². The van der Waals surface area contributed by atoms with Gasteiger partial charge in [-0.3, -0.25) is 4.79 Å². The summed E-state index contributed by atoms with van der Waals surface area (Å²) in [4.78, 5) is 11.8. The number of carbonyl (C=O) groups is 1. The highest BCUT2D eigenvalue weighted by Crippen LogP contribution is 2.16. The molecule has 0 aromatic carbocycles. The summed E-state index contributed by atoms with van der Waals surface area (Å²) in [6, 6.07) is 0. The largest absolute Gasteiger partial charge is 0.374 e. The number of methoxy groups -OCH3 is 1. The Balaban J connectivity index is 3.66. The normalized spacial score (nSPS) is 73.9. The van der Waals surface area contributed by atoms with E-state index in [4.69, 9.17) is 12.3 Å². The van der Waals surface area contributed by atoms with Crippen molar-refractivity contribution in [1.29, 1.82) is 0 Å². The zero-order valence-electron chi connectivity index (χ0n) is 13.8. The van der Waals surface area contributed by atoms with Crippen molar-refractivity contribution in [3.05, 3.63) is 0 Å².